The summed E-state index contributed by atoms with van der Waals surface area (Å²) in [6.07, 6.45) is 2.11. The lowest BCUT2D eigenvalue weighted by molar-refractivity contribution is -0.256. The van der Waals surface area contributed by atoms with E-state index in [1.807, 2.05) is 30.0 Å². The maximum atomic E-state index is 14.7. The SMILES string of the molecule is CC(CCCN)c1ccc(-c2ccc(OCC3CCN(CC4(C(F)(F)F)CCC4)CC3)nc2)cc1F. The number of benzene rings is 1. The molecule has 198 valence electrons. The average molecular weight is 508 g/mol. The molecular weight excluding hydrogens is 470 g/mol. The molecule has 2 aromatic rings. The summed E-state index contributed by atoms with van der Waals surface area (Å²) >= 11 is 0. The van der Waals surface area contributed by atoms with Crippen LogP contribution < -0.4 is 10.5 Å². The van der Waals surface area contributed by atoms with Gasteiger partial charge in [0.05, 0.1) is 12.0 Å². The molecule has 2 N–H and O–H groups in total. The van der Waals surface area contributed by atoms with Gasteiger partial charge in [-0.3, -0.25) is 0 Å². The number of likely N-dealkylation sites (tertiary alicyclic amines) is 1. The summed E-state index contributed by atoms with van der Waals surface area (Å²) in [6, 6.07) is 8.95. The molecule has 1 saturated carbocycles. The second kappa shape index (κ2) is 11.5. The van der Waals surface area contributed by atoms with Gasteiger partial charge in [0.1, 0.15) is 5.82 Å². The minimum atomic E-state index is -4.11. The van der Waals surface area contributed by atoms with Crippen LogP contribution in [0.1, 0.15) is 63.4 Å². The standard InChI is InChI=1S/C28H37F4N3O/c1-20(4-2-13-33)24-7-5-22(16-25(24)29)23-6-8-26(34-17-23)36-18-21-9-14-35(15-10-21)19-27(11-3-12-27)28(30,31)32/h5-8,16-17,20-21H,2-4,9-15,18-19,33H2,1H3. The molecule has 0 spiro atoms. The summed E-state index contributed by atoms with van der Waals surface area (Å²) in [6.45, 7) is 4.58. The number of alkyl halides is 3. The highest BCUT2D eigenvalue weighted by Gasteiger charge is 2.58. The molecule has 4 nitrogen and oxygen atoms in total. The van der Waals surface area contributed by atoms with Crippen molar-refractivity contribution in [1.82, 2.24) is 9.88 Å². The van der Waals surface area contributed by atoms with Gasteiger partial charge in [0.15, 0.2) is 0 Å². The van der Waals surface area contributed by atoms with Crippen molar-refractivity contribution in [2.24, 2.45) is 17.1 Å². The minimum Gasteiger partial charge on any atom is -0.477 e. The lowest BCUT2D eigenvalue weighted by atomic mass is 9.67. The summed E-state index contributed by atoms with van der Waals surface area (Å²) < 4.78 is 61.0. The summed E-state index contributed by atoms with van der Waals surface area (Å²) in [7, 11) is 0. The third-order valence-electron chi connectivity index (χ3n) is 8.05. The molecule has 2 aliphatic rings. The zero-order valence-corrected chi connectivity index (χ0v) is 21.0. The van der Waals surface area contributed by atoms with Gasteiger partial charge in [-0.05, 0) is 93.3 Å². The van der Waals surface area contributed by atoms with Crippen molar-refractivity contribution in [3.05, 3.63) is 47.9 Å². The molecule has 36 heavy (non-hydrogen) atoms. The van der Waals surface area contributed by atoms with Gasteiger partial charge in [-0.1, -0.05) is 25.5 Å². The zero-order chi connectivity index (χ0) is 25.8. The zero-order valence-electron chi connectivity index (χ0n) is 21.0. The number of hydrogen-bond donors (Lipinski definition) is 1. The molecule has 0 amide bonds. The molecule has 4 rings (SSSR count). The Bertz CT molecular complexity index is 983. The Morgan fingerprint density at radius 3 is 2.42 bits per heavy atom. The quantitative estimate of drug-likeness (QED) is 0.371. The van der Waals surface area contributed by atoms with E-state index in [9.17, 15) is 17.6 Å². The van der Waals surface area contributed by atoms with E-state index in [0.29, 0.717) is 50.0 Å². The molecule has 1 atom stereocenters. The second-order valence-electron chi connectivity index (χ2n) is 10.6. The lowest BCUT2D eigenvalue weighted by Gasteiger charge is -2.47. The molecule has 0 radical (unpaired) electrons. The number of nitrogens with zero attached hydrogens (tertiary/aromatic N) is 2. The molecule has 1 aliphatic heterocycles. The van der Waals surface area contributed by atoms with E-state index in [4.69, 9.17) is 10.5 Å². The van der Waals surface area contributed by atoms with Crippen LogP contribution in [0.15, 0.2) is 36.5 Å². The topological polar surface area (TPSA) is 51.4 Å². The van der Waals surface area contributed by atoms with Crippen LogP contribution in [0.4, 0.5) is 17.6 Å². The Labute approximate surface area is 211 Å². The summed E-state index contributed by atoms with van der Waals surface area (Å²) in [4.78, 5) is 6.35. The number of hydrogen-bond acceptors (Lipinski definition) is 4. The number of ether oxygens (including phenoxy) is 1. The monoisotopic (exact) mass is 507 g/mol. The molecule has 1 aromatic carbocycles. The van der Waals surface area contributed by atoms with Crippen LogP contribution in [0.25, 0.3) is 11.1 Å². The second-order valence-corrected chi connectivity index (χ2v) is 10.6. The maximum Gasteiger partial charge on any atom is 0.395 e. The van der Waals surface area contributed by atoms with E-state index in [-0.39, 0.29) is 31.1 Å². The van der Waals surface area contributed by atoms with E-state index in [1.54, 1.807) is 18.3 Å². The number of aromatic nitrogens is 1. The first-order valence-electron chi connectivity index (χ1n) is 13.1. The Balaban J connectivity index is 1.25. The van der Waals surface area contributed by atoms with Crippen molar-refractivity contribution in [3.8, 4) is 17.0 Å². The highest BCUT2D eigenvalue weighted by molar-refractivity contribution is 5.63. The molecule has 0 bridgehead atoms. The molecule has 1 aliphatic carbocycles. The predicted molar refractivity (Wildman–Crippen MR) is 133 cm³/mol. The van der Waals surface area contributed by atoms with Gasteiger partial charge in [0.2, 0.25) is 5.88 Å². The van der Waals surface area contributed by atoms with E-state index in [2.05, 4.69) is 4.98 Å². The Morgan fingerprint density at radius 2 is 1.86 bits per heavy atom. The van der Waals surface area contributed by atoms with Gasteiger partial charge < -0.3 is 15.4 Å². The molecule has 1 aromatic heterocycles. The van der Waals surface area contributed by atoms with Gasteiger partial charge in [-0.2, -0.15) is 13.2 Å². The fourth-order valence-electron chi connectivity index (χ4n) is 5.40. The first-order valence-corrected chi connectivity index (χ1v) is 13.1. The van der Waals surface area contributed by atoms with Crippen molar-refractivity contribution in [2.45, 2.75) is 64.0 Å². The number of halogens is 4. The molecule has 1 saturated heterocycles. The third-order valence-corrected chi connectivity index (χ3v) is 8.05. The van der Waals surface area contributed by atoms with Gasteiger partial charge in [-0.15, -0.1) is 0 Å². The maximum absolute atomic E-state index is 14.7. The van der Waals surface area contributed by atoms with Crippen molar-refractivity contribution in [3.63, 3.8) is 0 Å². The van der Waals surface area contributed by atoms with Crippen molar-refractivity contribution < 1.29 is 22.3 Å². The van der Waals surface area contributed by atoms with Crippen LogP contribution in [0, 0.1) is 17.2 Å². The predicted octanol–water partition coefficient (Wildman–Crippen LogP) is 6.55. The number of nitrogens with two attached hydrogens (primary N) is 1. The van der Waals surface area contributed by atoms with Gasteiger partial charge in [0.25, 0.3) is 0 Å². The Morgan fingerprint density at radius 1 is 1.14 bits per heavy atom. The minimum absolute atomic E-state index is 0.118. The van der Waals surface area contributed by atoms with Crippen molar-refractivity contribution in [2.75, 3.05) is 32.8 Å². The molecule has 2 fully saturated rings. The summed E-state index contributed by atoms with van der Waals surface area (Å²) in [5.74, 6) is 0.697. The summed E-state index contributed by atoms with van der Waals surface area (Å²) in [5, 5.41) is 0. The lowest BCUT2D eigenvalue weighted by Crippen LogP contribution is -2.53. The number of rotatable bonds is 10. The van der Waals surface area contributed by atoms with Gasteiger partial charge >= 0.3 is 6.18 Å². The molecule has 8 heteroatoms. The summed E-state index contributed by atoms with van der Waals surface area (Å²) in [5.41, 5.74) is 6.35. The molecule has 1 unspecified atom stereocenters. The fraction of sp³-hybridized carbons (Fsp3) is 0.607. The Hall–Kier alpha value is -2.19. The van der Waals surface area contributed by atoms with Crippen LogP contribution in [0.3, 0.4) is 0 Å². The van der Waals surface area contributed by atoms with Gasteiger partial charge in [0, 0.05) is 24.4 Å². The van der Waals surface area contributed by atoms with Crippen LogP contribution in [0.5, 0.6) is 5.88 Å². The first kappa shape index (κ1) is 26.9. The number of pyridine rings is 1. The van der Waals surface area contributed by atoms with Crippen LogP contribution >= 0.6 is 0 Å². The van der Waals surface area contributed by atoms with E-state index in [0.717, 1.165) is 36.8 Å². The average Bonchev–Trinajstić information content (AvgIpc) is 2.83. The van der Waals surface area contributed by atoms with Gasteiger partial charge in [-0.25, -0.2) is 9.37 Å². The Kier molecular flexibility index (Phi) is 8.56. The van der Waals surface area contributed by atoms with E-state index < -0.39 is 11.6 Å². The highest BCUT2D eigenvalue weighted by Crippen LogP contribution is 2.53. The van der Waals surface area contributed by atoms with Crippen LogP contribution in [0.2, 0.25) is 0 Å². The van der Waals surface area contributed by atoms with Crippen molar-refractivity contribution in [1.29, 1.82) is 0 Å². The van der Waals surface area contributed by atoms with Crippen LogP contribution in [-0.2, 0) is 0 Å². The normalized spacial score (nSPS) is 19.6. The third kappa shape index (κ3) is 6.20. The van der Waals surface area contributed by atoms with E-state index in [1.165, 1.54) is 0 Å². The fourth-order valence-corrected chi connectivity index (χ4v) is 5.40. The van der Waals surface area contributed by atoms with E-state index >= 15 is 0 Å². The number of piperidine rings is 1. The largest absolute Gasteiger partial charge is 0.477 e. The van der Waals surface area contributed by atoms with Crippen LogP contribution in [-0.4, -0.2) is 48.8 Å². The molecule has 2 heterocycles. The smallest absolute Gasteiger partial charge is 0.395 e. The molecular formula is C28H37F4N3O. The van der Waals surface area contributed by atoms with Crippen molar-refractivity contribution >= 4 is 0 Å². The first-order chi connectivity index (χ1) is 17.2. The highest BCUT2D eigenvalue weighted by atomic mass is 19.4.